The van der Waals surface area contributed by atoms with Gasteiger partial charge in [0.25, 0.3) is 0 Å². The van der Waals surface area contributed by atoms with Crippen LogP contribution >= 0.6 is 0 Å². The van der Waals surface area contributed by atoms with Crippen molar-refractivity contribution in [1.82, 2.24) is 9.78 Å². The lowest BCUT2D eigenvalue weighted by molar-refractivity contribution is 0.0720. The summed E-state index contributed by atoms with van der Waals surface area (Å²) in [4.78, 5) is 24.3. The number of aromatic nitrogens is 2. The van der Waals surface area contributed by atoms with Crippen LogP contribution in [0.5, 0.6) is 5.75 Å². The second kappa shape index (κ2) is 6.77. The van der Waals surface area contributed by atoms with Gasteiger partial charge in [-0.25, -0.2) is 4.79 Å². The van der Waals surface area contributed by atoms with Crippen LogP contribution in [0.1, 0.15) is 57.9 Å². The van der Waals surface area contributed by atoms with Crippen molar-refractivity contribution in [1.29, 1.82) is 0 Å². The summed E-state index contributed by atoms with van der Waals surface area (Å²) in [5.41, 5.74) is 3.38. The Morgan fingerprint density at radius 3 is 2.52 bits per heavy atom. The predicted molar refractivity (Wildman–Crippen MR) is 88.1 cm³/mol. The van der Waals surface area contributed by atoms with Crippen LogP contribution in [0.4, 0.5) is 0 Å². The first-order chi connectivity index (χ1) is 10.8. The molecule has 5 heteroatoms. The molecule has 0 aliphatic heterocycles. The minimum atomic E-state index is -0.503. The standard InChI is InChI=1S/C18H22N2O3/c1-6-7-14-10-16(20(5)19-14)18(22)23-17-12(3)8-11(2)9-15(17)13(4)21/h8-10H,6-7H2,1-5H3. The van der Waals surface area contributed by atoms with Crippen molar-refractivity contribution in [2.45, 2.75) is 40.5 Å². The van der Waals surface area contributed by atoms with Crippen LogP contribution in [0.15, 0.2) is 18.2 Å². The molecule has 5 nitrogen and oxygen atoms in total. The summed E-state index contributed by atoms with van der Waals surface area (Å²) in [5.74, 6) is -0.306. The topological polar surface area (TPSA) is 61.2 Å². The minimum absolute atomic E-state index is 0.128. The van der Waals surface area contributed by atoms with E-state index in [9.17, 15) is 9.59 Å². The number of benzene rings is 1. The second-order valence-corrected chi connectivity index (χ2v) is 5.80. The van der Waals surface area contributed by atoms with E-state index in [1.807, 2.05) is 19.9 Å². The van der Waals surface area contributed by atoms with E-state index in [-0.39, 0.29) is 5.78 Å². The highest BCUT2D eigenvalue weighted by molar-refractivity contribution is 5.99. The highest BCUT2D eigenvalue weighted by atomic mass is 16.5. The van der Waals surface area contributed by atoms with E-state index in [1.54, 1.807) is 19.2 Å². The van der Waals surface area contributed by atoms with Gasteiger partial charge in [0.2, 0.25) is 0 Å². The fourth-order valence-corrected chi connectivity index (χ4v) is 2.59. The maximum atomic E-state index is 12.5. The summed E-state index contributed by atoms with van der Waals surface area (Å²) in [5, 5.41) is 4.31. The molecule has 0 saturated carbocycles. The van der Waals surface area contributed by atoms with Gasteiger partial charge >= 0.3 is 5.97 Å². The molecule has 0 atom stereocenters. The van der Waals surface area contributed by atoms with E-state index in [0.29, 0.717) is 17.0 Å². The lowest BCUT2D eigenvalue weighted by Crippen LogP contribution is -2.15. The van der Waals surface area contributed by atoms with Crippen molar-refractivity contribution in [3.8, 4) is 5.75 Å². The van der Waals surface area contributed by atoms with Crippen molar-refractivity contribution in [2.24, 2.45) is 7.05 Å². The number of hydrogen-bond donors (Lipinski definition) is 0. The summed E-state index contributed by atoms with van der Waals surface area (Å²) >= 11 is 0. The molecule has 0 bridgehead atoms. The average Bonchev–Trinajstić information content (AvgIpc) is 2.82. The molecule has 1 heterocycles. The van der Waals surface area contributed by atoms with Gasteiger partial charge in [0.05, 0.1) is 11.3 Å². The molecule has 0 spiro atoms. The molecule has 23 heavy (non-hydrogen) atoms. The van der Waals surface area contributed by atoms with E-state index in [0.717, 1.165) is 29.7 Å². The Bertz CT molecular complexity index is 760. The third-order valence-corrected chi connectivity index (χ3v) is 3.64. The van der Waals surface area contributed by atoms with E-state index >= 15 is 0 Å². The molecule has 0 fully saturated rings. The first kappa shape index (κ1) is 16.9. The molecule has 0 N–H and O–H groups in total. The van der Waals surface area contributed by atoms with E-state index in [1.165, 1.54) is 11.6 Å². The summed E-state index contributed by atoms with van der Waals surface area (Å²) in [6, 6.07) is 5.37. The number of ether oxygens (including phenoxy) is 1. The van der Waals surface area contributed by atoms with Crippen LogP contribution in [0.3, 0.4) is 0 Å². The molecule has 0 unspecified atom stereocenters. The van der Waals surface area contributed by atoms with Gasteiger partial charge in [0.1, 0.15) is 11.4 Å². The number of aryl methyl sites for hydroxylation is 4. The van der Waals surface area contributed by atoms with Gasteiger partial charge in [0.15, 0.2) is 5.78 Å². The highest BCUT2D eigenvalue weighted by Crippen LogP contribution is 2.27. The van der Waals surface area contributed by atoms with Crippen molar-refractivity contribution in [2.75, 3.05) is 0 Å². The van der Waals surface area contributed by atoms with E-state index in [2.05, 4.69) is 12.0 Å². The Kier molecular flexibility index (Phi) is 4.98. The minimum Gasteiger partial charge on any atom is -0.421 e. The maximum absolute atomic E-state index is 12.5. The molecule has 0 aliphatic carbocycles. The molecule has 0 saturated heterocycles. The Balaban J connectivity index is 2.36. The van der Waals surface area contributed by atoms with Crippen molar-refractivity contribution in [3.63, 3.8) is 0 Å². The van der Waals surface area contributed by atoms with Crippen molar-refractivity contribution in [3.05, 3.63) is 46.3 Å². The Morgan fingerprint density at radius 2 is 1.91 bits per heavy atom. The number of carbonyl (C=O) groups is 2. The number of carbonyl (C=O) groups excluding carboxylic acids is 2. The van der Waals surface area contributed by atoms with Gasteiger partial charge in [-0.15, -0.1) is 0 Å². The number of ketones is 1. The zero-order chi connectivity index (χ0) is 17.1. The summed E-state index contributed by atoms with van der Waals surface area (Å²) in [6.07, 6.45) is 1.76. The molecule has 2 rings (SSSR count). The van der Waals surface area contributed by atoms with Crippen LogP contribution in [0, 0.1) is 13.8 Å². The maximum Gasteiger partial charge on any atom is 0.362 e. The van der Waals surface area contributed by atoms with Crippen LogP contribution in [0.25, 0.3) is 0 Å². The van der Waals surface area contributed by atoms with Gasteiger partial charge in [-0.3, -0.25) is 9.48 Å². The van der Waals surface area contributed by atoms with Crippen molar-refractivity contribution >= 4 is 11.8 Å². The first-order valence-corrected chi connectivity index (χ1v) is 7.70. The third kappa shape index (κ3) is 3.67. The smallest absolute Gasteiger partial charge is 0.362 e. The molecule has 0 aliphatic rings. The van der Waals surface area contributed by atoms with Gasteiger partial charge in [-0.2, -0.15) is 5.10 Å². The molecule has 1 aromatic heterocycles. The molecular formula is C18H22N2O3. The first-order valence-electron chi connectivity index (χ1n) is 7.70. The monoisotopic (exact) mass is 314 g/mol. The fraction of sp³-hybridized carbons (Fsp3) is 0.389. The van der Waals surface area contributed by atoms with Gasteiger partial charge in [-0.05, 0) is 50.5 Å². The fourth-order valence-electron chi connectivity index (χ4n) is 2.59. The van der Waals surface area contributed by atoms with Crippen LogP contribution in [-0.4, -0.2) is 21.5 Å². The zero-order valence-corrected chi connectivity index (χ0v) is 14.3. The van der Waals surface area contributed by atoms with E-state index < -0.39 is 5.97 Å². The van der Waals surface area contributed by atoms with Gasteiger partial charge in [0, 0.05) is 7.05 Å². The lowest BCUT2D eigenvalue weighted by atomic mass is 10.0. The predicted octanol–water partition coefficient (Wildman–Crippen LogP) is 3.41. The largest absolute Gasteiger partial charge is 0.421 e. The molecule has 2 aromatic rings. The summed E-state index contributed by atoms with van der Waals surface area (Å²) < 4.78 is 7.05. The lowest BCUT2D eigenvalue weighted by Gasteiger charge is -2.12. The number of Topliss-reactive ketones (excluding diaryl/α,β-unsaturated/α-hetero) is 1. The number of nitrogens with zero attached hydrogens (tertiary/aromatic N) is 2. The number of hydrogen-bond acceptors (Lipinski definition) is 4. The number of esters is 1. The Hall–Kier alpha value is -2.43. The molecule has 1 aromatic carbocycles. The van der Waals surface area contributed by atoms with Crippen LogP contribution in [0.2, 0.25) is 0 Å². The highest BCUT2D eigenvalue weighted by Gasteiger charge is 2.20. The summed E-state index contributed by atoms with van der Waals surface area (Å²) in [6.45, 7) is 7.26. The molecule has 122 valence electrons. The SMILES string of the molecule is CCCc1cc(C(=O)Oc2c(C)cc(C)cc2C(C)=O)n(C)n1. The molecule has 0 amide bonds. The second-order valence-electron chi connectivity index (χ2n) is 5.80. The molecular weight excluding hydrogens is 292 g/mol. The van der Waals surface area contributed by atoms with E-state index in [4.69, 9.17) is 4.74 Å². The number of rotatable bonds is 5. The normalized spacial score (nSPS) is 10.7. The van der Waals surface area contributed by atoms with Gasteiger partial charge in [-0.1, -0.05) is 19.4 Å². The Morgan fingerprint density at radius 1 is 1.22 bits per heavy atom. The quantitative estimate of drug-likeness (QED) is 0.482. The zero-order valence-electron chi connectivity index (χ0n) is 14.3. The third-order valence-electron chi connectivity index (χ3n) is 3.64. The van der Waals surface area contributed by atoms with Crippen molar-refractivity contribution < 1.29 is 14.3 Å². The van der Waals surface area contributed by atoms with Crippen LogP contribution < -0.4 is 4.74 Å². The average molecular weight is 314 g/mol. The van der Waals surface area contributed by atoms with Crippen LogP contribution in [-0.2, 0) is 13.5 Å². The molecule has 0 radical (unpaired) electrons. The Labute approximate surface area is 136 Å². The van der Waals surface area contributed by atoms with Gasteiger partial charge < -0.3 is 4.74 Å². The summed E-state index contributed by atoms with van der Waals surface area (Å²) in [7, 11) is 1.71.